The fourth-order valence-electron chi connectivity index (χ4n) is 5.44. The molecule has 13 heteroatoms. The van der Waals surface area contributed by atoms with E-state index in [1.807, 2.05) is 30.3 Å². The van der Waals surface area contributed by atoms with Crippen molar-refractivity contribution in [2.75, 3.05) is 58.4 Å². The van der Waals surface area contributed by atoms with Crippen LogP contribution in [0, 0.1) is 5.92 Å². The highest BCUT2D eigenvalue weighted by atomic mass is 32.2. The Labute approximate surface area is 245 Å². The SMILES string of the molecule is O=C(NS(=O)(=O)CCCN1CCOCC1)c1cc(OCC2CCOOC2)c2c(C3CCC3)nn(-c3ccccc3)c2n1. The van der Waals surface area contributed by atoms with Gasteiger partial charge in [0, 0.05) is 31.0 Å². The molecule has 12 nitrogen and oxygen atoms in total. The van der Waals surface area contributed by atoms with Gasteiger partial charge in [0.1, 0.15) is 11.4 Å². The number of amides is 1. The van der Waals surface area contributed by atoms with E-state index in [0.717, 1.165) is 55.5 Å². The summed E-state index contributed by atoms with van der Waals surface area (Å²) in [5.41, 5.74) is 2.08. The first-order valence-corrected chi connectivity index (χ1v) is 16.3. The summed E-state index contributed by atoms with van der Waals surface area (Å²) in [5, 5.41) is 5.71. The van der Waals surface area contributed by atoms with Crippen molar-refractivity contribution >= 4 is 27.0 Å². The molecule has 3 aliphatic rings. The molecule has 3 aromatic rings. The van der Waals surface area contributed by atoms with Gasteiger partial charge in [0.15, 0.2) is 5.65 Å². The first kappa shape index (κ1) is 29.0. The number of morpholine rings is 1. The smallest absolute Gasteiger partial charge is 0.283 e. The number of aromatic nitrogens is 3. The van der Waals surface area contributed by atoms with E-state index in [1.165, 1.54) is 0 Å². The highest BCUT2D eigenvalue weighted by Gasteiger charge is 2.30. The Hall–Kier alpha value is -3.10. The van der Waals surface area contributed by atoms with E-state index >= 15 is 0 Å². The van der Waals surface area contributed by atoms with Crippen molar-refractivity contribution in [1.29, 1.82) is 0 Å². The van der Waals surface area contributed by atoms with Gasteiger partial charge >= 0.3 is 0 Å². The Morgan fingerprint density at radius 1 is 1.07 bits per heavy atom. The Bertz CT molecular complexity index is 1480. The summed E-state index contributed by atoms with van der Waals surface area (Å²) in [6.45, 7) is 4.70. The van der Waals surface area contributed by atoms with Crippen molar-refractivity contribution in [3.63, 3.8) is 0 Å². The van der Waals surface area contributed by atoms with E-state index in [4.69, 9.17) is 24.3 Å². The number of sulfonamides is 1. The van der Waals surface area contributed by atoms with Crippen LogP contribution in [0.3, 0.4) is 0 Å². The maximum Gasteiger partial charge on any atom is 0.283 e. The van der Waals surface area contributed by atoms with Crippen molar-refractivity contribution < 1.29 is 32.5 Å². The zero-order valence-electron chi connectivity index (χ0n) is 23.6. The quantitative estimate of drug-likeness (QED) is 0.328. The fourth-order valence-corrected chi connectivity index (χ4v) is 6.44. The second kappa shape index (κ2) is 13.0. The standard InChI is InChI=1S/C29H37N5O7S/c35-29(32-42(36,37)17-5-11-33-12-15-38-16-13-33)24-18-25(39-19-21-10-14-40-41-20-21)26-27(22-6-4-7-22)31-34(28(26)30-24)23-8-2-1-3-9-23/h1-3,8-9,18,21-22H,4-7,10-17,19-20H2,(H,32,35). The molecule has 3 fully saturated rings. The van der Waals surface area contributed by atoms with Gasteiger partial charge < -0.3 is 9.47 Å². The van der Waals surface area contributed by atoms with Crippen LogP contribution in [0.4, 0.5) is 0 Å². The highest BCUT2D eigenvalue weighted by molar-refractivity contribution is 7.90. The molecule has 1 aromatic carbocycles. The minimum atomic E-state index is -3.88. The summed E-state index contributed by atoms with van der Waals surface area (Å²) in [4.78, 5) is 30.4. The second-order valence-corrected chi connectivity index (χ2v) is 12.9. The van der Waals surface area contributed by atoms with Gasteiger partial charge in [-0.1, -0.05) is 24.6 Å². The lowest BCUT2D eigenvalue weighted by atomic mass is 9.82. The summed E-state index contributed by atoms with van der Waals surface area (Å²) in [6.07, 6.45) is 4.33. The maximum atomic E-state index is 13.4. The number of fused-ring (bicyclic) bond motifs is 1. The van der Waals surface area contributed by atoms with Gasteiger partial charge in [-0.05, 0) is 44.4 Å². The van der Waals surface area contributed by atoms with Crippen LogP contribution in [0.5, 0.6) is 5.75 Å². The number of hydrogen-bond donors (Lipinski definition) is 1. The molecule has 2 saturated heterocycles. The third kappa shape index (κ3) is 6.76. The lowest BCUT2D eigenvalue weighted by Gasteiger charge is -2.26. The molecular weight excluding hydrogens is 562 g/mol. The number of rotatable bonds is 11. The molecule has 2 aliphatic heterocycles. The van der Waals surface area contributed by atoms with E-state index < -0.39 is 15.9 Å². The third-order valence-electron chi connectivity index (χ3n) is 8.06. The zero-order valence-corrected chi connectivity index (χ0v) is 24.4. The predicted molar refractivity (Wildman–Crippen MR) is 154 cm³/mol. The number of hydrogen-bond acceptors (Lipinski definition) is 10. The molecule has 4 heterocycles. The lowest BCUT2D eigenvalue weighted by molar-refractivity contribution is -0.325. The van der Waals surface area contributed by atoms with Gasteiger partial charge in [0.2, 0.25) is 10.0 Å². The molecule has 1 amide bonds. The molecule has 42 heavy (non-hydrogen) atoms. The summed E-state index contributed by atoms with van der Waals surface area (Å²) in [5.74, 6) is -0.125. The number of nitrogens with zero attached hydrogens (tertiary/aromatic N) is 4. The number of para-hydroxylation sites is 1. The van der Waals surface area contributed by atoms with Gasteiger partial charge in [0.25, 0.3) is 5.91 Å². The summed E-state index contributed by atoms with van der Waals surface area (Å²) in [6, 6.07) is 11.1. The van der Waals surface area contributed by atoms with Crippen LogP contribution in [0.2, 0.25) is 0 Å². The first-order valence-electron chi connectivity index (χ1n) is 14.7. The zero-order chi connectivity index (χ0) is 28.9. The number of ether oxygens (including phenoxy) is 2. The molecular formula is C29H37N5O7S. The molecule has 0 spiro atoms. The normalized spacial score (nSPS) is 20.3. The molecule has 1 aliphatic carbocycles. The monoisotopic (exact) mass is 599 g/mol. The molecule has 6 rings (SSSR count). The molecule has 0 radical (unpaired) electrons. The number of benzene rings is 1. The molecule has 1 unspecified atom stereocenters. The molecule has 226 valence electrons. The Kier molecular flexibility index (Phi) is 9.00. The average molecular weight is 600 g/mol. The van der Waals surface area contributed by atoms with E-state index in [2.05, 4.69) is 14.6 Å². The number of nitrogens with one attached hydrogen (secondary N) is 1. The van der Waals surface area contributed by atoms with Crippen molar-refractivity contribution in [3.8, 4) is 11.4 Å². The number of carbonyl (C=O) groups is 1. The van der Waals surface area contributed by atoms with Crippen LogP contribution in [-0.2, 0) is 24.5 Å². The average Bonchev–Trinajstić information content (AvgIpc) is 3.35. The van der Waals surface area contributed by atoms with Crippen LogP contribution in [0.25, 0.3) is 16.7 Å². The van der Waals surface area contributed by atoms with E-state index in [1.54, 1.807) is 10.7 Å². The Balaban J connectivity index is 1.30. The Morgan fingerprint density at radius 3 is 2.60 bits per heavy atom. The summed E-state index contributed by atoms with van der Waals surface area (Å²) in [7, 11) is -3.88. The van der Waals surface area contributed by atoms with Gasteiger partial charge in [-0.3, -0.25) is 9.69 Å². The molecule has 1 N–H and O–H groups in total. The molecule has 2 aromatic heterocycles. The van der Waals surface area contributed by atoms with Crippen LogP contribution in [0.15, 0.2) is 36.4 Å². The molecule has 0 bridgehead atoms. The fraction of sp³-hybridized carbons (Fsp3) is 0.552. The maximum absolute atomic E-state index is 13.4. The molecule has 1 atom stereocenters. The summed E-state index contributed by atoms with van der Waals surface area (Å²) < 4.78 is 41.4. The van der Waals surface area contributed by atoms with Gasteiger partial charge in [-0.25, -0.2) is 32.6 Å². The van der Waals surface area contributed by atoms with E-state index in [-0.39, 0.29) is 23.3 Å². The largest absolute Gasteiger partial charge is 0.492 e. The van der Waals surface area contributed by atoms with Crippen LogP contribution < -0.4 is 9.46 Å². The van der Waals surface area contributed by atoms with Crippen molar-refractivity contribution in [2.45, 2.75) is 38.0 Å². The van der Waals surface area contributed by atoms with Gasteiger partial charge in [0.05, 0.1) is 55.6 Å². The number of pyridine rings is 1. The van der Waals surface area contributed by atoms with Gasteiger partial charge in [-0.2, -0.15) is 5.10 Å². The van der Waals surface area contributed by atoms with Crippen LogP contribution in [0.1, 0.15) is 54.2 Å². The third-order valence-corrected chi connectivity index (χ3v) is 9.39. The highest BCUT2D eigenvalue weighted by Crippen LogP contribution is 2.42. The number of carbonyl (C=O) groups excluding carboxylic acids is 1. The van der Waals surface area contributed by atoms with Crippen molar-refractivity contribution in [1.82, 2.24) is 24.4 Å². The van der Waals surface area contributed by atoms with E-state index in [0.29, 0.717) is 57.4 Å². The topological polar surface area (TPSA) is 134 Å². The minimum absolute atomic E-state index is 0.0466. The predicted octanol–water partition coefficient (Wildman–Crippen LogP) is 2.82. The summed E-state index contributed by atoms with van der Waals surface area (Å²) >= 11 is 0. The lowest BCUT2D eigenvalue weighted by Crippen LogP contribution is -2.38. The van der Waals surface area contributed by atoms with Gasteiger partial charge in [-0.15, -0.1) is 0 Å². The first-order chi connectivity index (χ1) is 20.5. The van der Waals surface area contributed by atoms with Crippen LogP contribution >= 0.6 is 0 Å². The van der Waals surface area contributed by atoms with Crippen LogP contribution in [-0.4, -0.2) is 92.4 Å². The van der Waals surface area contributed by atoms with E-state index in [9.17, 15) is 13.2 Å². The molecule has 1 saturated carbocycles. The van der Waals surface area contributed by atoms with Crippen molar-refractivity contribution in [3.05, 3.63) is 47.8 Å². The minimum Gasteiger partial charge on any atom is -0.492 e. The second-order valence-electron chi connectivity index (χ2n) is 11.1. The van der Waals surface area contributed by atoms with Crippen molar-refractivity contribution in [2.24, 2.45) is 5.92 Å². The Morgan fingerprint density at radius 2 is 1.88 bits per heavy atom.